The number of hydrogen-bond donors (Lipinski definition) is 1. The lowest BCUT2D eigenvalue weighted by Gasteiger charge is -2.24. The van der Waals surface area contributed by atoms with E-state index in [2.05, 4.69) is 10.3 Å². The van der Waals surface area contributed by atoms with Gasteiger partial charge in [-0.15, -0.1) is 0 Å². The predicted octanol–water partition coefficient (Wildman–Crippen LogP) is 3.90. The maximum atomic E-state index is 13.2. The van der Waals surface area contributed by atoms with Crippen LogP contribution in [0.2, 0.25) is 10.0 Å². The van der Waals surface area contributed by atoms with Crippen molar-refractivity contribution in [2.45, 2.75) is 11.4 Å². The Morgan fingerprint density at radius 2 is 1.62 bits per heavy atom. The summed E-state index contributed by atoms with van der Waals surface area (Å²) in [5.74, 6) is -0.494. The average Bonchev–Trinajstić information content (AvgIpc) is 2.71. The highest BCUT2D eigenvalue weighted by Gasteiger charge is 2.27. The summed E-state index contributed by atoms with van der Waals surface area (Å²) >= 11 is 12.1. The normalized spacial score (nSPS) is 11.1. The van der Waals surface area contributed by atoms with Crippen molar-refractivity contribution >= 4 is 44.8 Å². The minimum absolute atomic E-state index is 0.0497. The molecule has 1 N–H and O–H groups in total. The molecule has 0 aliphatic heterocycles. The Morgan fingerprint density at radius 3 is 2.24 bits per heavy atom. The molecule has 0 atom stereocenters. The quantitative estimate of drug-likeness (QED) is 0.592. The number of nitrogens with zero attached hydrogens (tertiary/aromatic N) is 2. The van der Waals surface area contributed by atoms with Crippen LogP contribution in [-0.2, 0) is 21.4 Å². The summed E-state index contributed by atoms with van der Waals surface area (Å²) in [6.45, 7) is -0.268. The van der Waals surface area contributed by atoms with Crippen LogP contribution >= 0.6 is 23.2 Å². The molecule has 0 unspecified atom stereocenters. The van der Waals surface area contributed by atoms with Crippen molar-refractivity contribution in [1.82, 2.24) is 10.3 Å². The van der Waals surface area contributed by atoms with Gasteiger partial charge in [0.15, 0.2) is 0 Å². The van der Waals surface area contributed by atoms with E-state index >= 15 is 0 Å². The number of nitrogens with one attached hydrogen (secondary N) is 1. The van der Waals surface area contributed by atoms with E-state index in [4.69, 9.17) is 23.2 Å². The molecule has 6 nitrogen and oxygen atoms in total. The van der Waals surface area contributed by atoms with Crippen molar-refractivity contribution in [3.8, 4) is 0 Å². The first-order chi connectivity index (χ1) is 13.9. The van der Waals surface area contributed by atoms with Crippen LogP contribution in [0.5, 0.6) is 0 Å². The Hall–Kier alpha value is -2.61. The van der Waals surface area contributed by atoms with Crippen LogP contribution in [0.4, 0.5) is 5.69 Å². The Balaban J connectivity index is 1.89. The molecule has 1 aromatic heterocycles. The maximum absolute atomic E-state index is 13.2. The molecule has 3 aromatic rings. The largest absolute Gasteiger partial charge is 0.349 e. The van der Waals surface area contributed by atoms with E-state index in [1.54, 1.807) is 42.6 Å². The SMILES string of the molecule is O=C(CN(c1cc(Cl)cc(Cl)c1)S(=O)(=O)c1ccccc1)NCc1ccccn1. The first-order valence-electron chi connectivity index (χ1n) is 8.57. The maximum Gasteiger partial charge on any atom is 0.264 e. The zero-order valence-corrected chi connectivity index (χ0v) is 17.5. The number of sulfonamides is 1. The van der Waals surface area contributed by atoms with Gasteiger partial charge in [-0.1, -0.05) is 47.5 Å². The average molecular weight is 450 g/mol. The minimum atomic E-state index is -4.03. The van der Waals surface area contributed by atoms with E-state index in [0.717, 1.165) is 4.31 Å². The van der Waals surface area contributed by atoms with Gasteiger partial charge in [-0.25, -0.2) is 8.42 Å². The second-order valence-corrected chi connectivity index (χ2v) is 8.79. The highest BCUT2D eigenvalue weighted by atomic mass is 35.5. The molecule has 9 heteroatoms. The van der Waals surface area contributed by atoms with Crippen LogP contribution in [0, 0.1) is 0 Å². The number of pyridine rings is 1. The molecule has 29 heavy (non-hydrogen) atoms. The van der Waals surface area contributed by atoms with Gasteiger partial charge >= 0.3 is 0 Å². The smallest absolute Gasteiger partial charge is 0.264 e. The van der Waals surface area contributed by atoms with E-state index in [1.165, 1.54) is 30.3 Å². The highest BCUT2D eigenvalue weighted by Crippen LogP contribution is 2.29. The van der Waals surface area contributed by atoms with Gasteiger partial charge in [0, 0.05) is 16.2 Å². The van der Waals surface area contributed by atoms with E-state index < -0.39 is 22.5 Å². The Bertz CT molecular complexity index is 1070. The molecule has 0 bridgehead atoms. The van der Waals surface area contributed by atoms with Gasteiger partial charge in [0.25, 0.3) is 10.0 Å². The van der Waals surface area contributed by atoms with E-state index in [0.29, 0.717) is 5.69 Å². The van der Waals surface area contributed by atoms with Crippen molar-refractivity contribution in [2.75, 3.05) is 10.8 Å². The van der Waals surface area contributed by atoms with E-state index in [-0.39, 0.29) is 27.2 Å². The summed E-state index contributed by atoms with van der Waals surface area (Å²) < 4.78 is 27.4. The van der Waals surface area contributed by atoms with Crippen molar-refractivity contribution in [3.63, 3.8) is 0 Å². The standard InChI is InChI=1S/C20H17Cl2N3O3S/c21-15-10-16(22)12-18(11-15)25(29(27,28)19-7-2-1-3-8-19)14-20(26)24-13-17-6-4-5-9-23-17/h1-12H,13-14H2,(H,24,26). The number of amides is 1. The lowest BCUT2D eigenvalue weighted by atomic mass is 10.3. The first-order valence-corrected chi connectivity index (χ1v) is 10.8. The zero-order chi connectivity index (χ0) is 20.9. The number of aromatic nitrogens is 1. The summed E-state index contributed by atoms with van der Waals surface area (Å²) in [7, 11) is -4.03. The molecular weight excluding hydrogens is 433 g/mol. The first kappa shape index (κ1) is 21.1. The minimum Gasteiger partial charge on any atom is -0.349 e. The number of anilines is 1. The summed E-state index contributed by atoms with van der Waals surface area (Å²) in [4.78, 5) is 16.7. The van der Waals surface area contributed by atoms with Crippen LogP contribution in [0.25, 0.3) is 0 Å². The molecule has 0 saturated heterocycles. The summed E-state index contributed by atoms with van der Waals surface area (Å²) in [5, 5.41) is 3.20. The van der Waals surface area contributed by atoms with E-state index in [1.807, 2.05) is 0 Å². The van der Waals surface area contributed by atoms with Crippen LogP contribution in [0.1, 0.15) is 5.69 Å². The molecule has 2 aromatic carbocycles. The van der Waals surface area contributed by atoms with Crippen LogP contribution in [0.3, 0.4) is 0 Å². The number of rotatable bonds is 7. The Kier molecular flexibility index (Phi) is 6.74. The van der Waals surface area contributed by atoms with Crippen LogP contribution < -0.4 is 9.62 Å². The fourth-order valence-electron chi connectivity index (χ4n) is 2.60. The van der Waals surface area contributed by atoms with Gasteiger partial charge in [-0.05, 0) is 42.5 Å². The summed E-state index contributed by atoms with van der Waals surface area (Å²) in [6, 6.07) is 17.5. The molecule has 0 fully saturated rings. The van der Waals surface area contributed by atoms with Gasteiger partial charge in [0.1, 0.15) is 6.54 Å². The highest BCUT2D eigenvalue weighted by molar-refractivity contribution is 7.92. The number of benzene rings is 2. The Morgan fingerprint density at radius 1 is 0.966 bits per heavy atom. The number of hydrogen-bond acceptors (Lipinski definition) is 4. The van der Waals surface area contributed by atoms with Crippen LogP contribution in [0.15, 0.2) is 77.8 Å². The second kappa shape index (κ2) is 9.26. The third-order valence-corrected chi connectivity index (χ3v) is 6.17. The lowest BCUT2D eigenvalue weighted by molar-refractivity contribution is -0.119. The molecule has 1 heterocycles. The lowest BCUT2D eigenvalue weighted by Crippen LogP contribution is -2.40. The number of carbonyl (C=O) groups is 1. The zero-order valence-electron chi connectivity index (χ0n) is 15.1. The second-order valence-electron chi connectivity index (χ2n) is 6.05. The molecule has 150 valence electrons. The number of carbonyl (C=O) groups excluding carboxylic acids is 1. The van der Waals surface area contributed by atoms with Gasteiger partial charge in [-0.2, -0.15) is 0 Å². The Labute approximate surface area is 179 Å². The molecule has 3 rings (SSSR count). The van der Waals surface area contributed by atoms with Crippen molar-refractivity contribution in [2.24, 2.45) is 0 Å². The molecule has 0 spiro atoms. The third-order valence-electron chi connectivity index (χ3n) is 3.95. The third kappa shape index (κ3) is 5.47. The van der Waals surface area contributed by atoms with Crippen molar-refractivity contribution in [3.05, 3.63) is 88.7 Å². The predicted molar refractivity (Wildman–Crippen MR) is 114 cm³/mol. The molecule has 0 aliphatic rings. The summed E-state index contributed by atoms with van der Waals surface area (Å²) in [5.41, 5.74) is 0.850. The topological polar surface area (TPSA) is 79.4 Å². The van der Waals surface area contributed by atoms with Gasteiger partial charge in [0.05, 0.1) is 22.8 Å². The fourth-order valence-corrected chi connectivity index (χ4v) is 4.54. The molecule has 0 saturated carbocycles. The molecule has 0 radical (unpaired) electrons. The fraction of sp³-hybridized carbons (Fsp3) is 0.100. The number of halogens is 2. The van der Waals surface area contributed by atoms with Crippen LogP contribution in [-0.4, -0.2) is 25.9 Å². The van der Waals surface area contributed by atoms with Gasteiger partial charge in [-0.3, -0.25) is 14.1 Å². The van der Waals surface area contributed by atoms with Crippen molar-refractivity contribution in [1.29, 1.82) is 0 Å². The summed E-state index contributed by atoms with van der Waals surface area (Å²) in [6.07, 6.45) is 1.61. The monoisotopic (exact) mass is 449 g/mol. The molecule has 1 amide bonds. The van der Waals surface area contributed by atoms with Gasteiger partial charge < -0.3 is 5.32 Å². The van der Waals surface area contributed by atoms with Gasteiger partial charge in [0.2, 0.25) is 5.91 Å². The molecular formula is C20H17Cl2N3O3S. The molecule has 0 aliphatic carbocycles. The van der Waals surface area contributed by atoms with E-state index in [9.17, 15) is 13.2 Å². The van der Waals surface area contributed by atoms with Crippen molar-refractivity contribution < 1.29 is 13.2 Å².